The zero-order valence-electron chi connectivity index (χ0n) is 12.9. The lowest BCUT2D eigenvalue weighted by Gasteiger charge is -2.27. The van der Waals surface area contributed by atoms with Crippen LogP contribution in [0, 0.1) is 0 Å². The molecule has 122 valence electrons. The van der Waals surface area contributed by atoms with Crippen molar-refractivity contribution in [2.45, 2.75) is 44.2 Å². The topological polar surface area (TPSA) is 93.1 Å². The van der Waals surface area contributed by atoms with Crippen molar-refractivity contribution in [3.8, 4) is 0 Å². The Morgan fingerprint density at radius 3 is 2.62 bits per heavy atom. The first-order valence-electron chi connectivity index (χ1n) is 7.49. The van der Waals surface area contributed by atoms with Crippen LogP contribution in [0.25, 0.3) is 0 Å². The van der Waals surface area contributed by atoms with Crippen LogP contribution >= 0.6 is 0 Å². The van der Waals surface area contributed by atoms with Crippen molar-refractivity contribution in [3.63, 3.8) is 0 Å². The number of nitrogens with one attached hydrogen (secondary N) is 1. The van der Waals surface area contributed by atoms with Crippen molar-refractivity contribution in [2.24, 2.45) is 0 Å². The van der Waals surface area contributed by atoms with Gasteiger partial charge in [0.2, 0.25) is 0 Å². The second-order valence-electron chi connectivity index (χ2n) is 5.89. The molecule has 2 unspecified atom stereocenters. The molecule has 21 heavy (non-hydrogen) atoms. The highest BCUT2D eigenvalue weighted by molar-refractivity contribution is 5.75. The molecule has 0 aromatic carbocycles. The number of carboxylic acid groups (broad SMARTS) is 1. The molecule has 0 spiro atoms. The first kappa shape index (κ1) is 17.7. The maximum Gasteiger partial charge on any atom is 0.317 e. The van der Waals surface area contributed by atoms with Gasteiger partial charge in [-0.05, 0) is 33.4 Å². The van der Waals surface area contributed by atoms with E-state index in [-0.39, 0.29) is 18.5 Å². The second-order valence-corrected chi connectivity index (χ2v) is 5.89. The fourth-order valence-electron chi connectivity index (χ4n) is 2.61. The number of rotatable bonds is 8. The lowest BCUT2D eigenvalue weighted by molar-refractivity contribution is -0.137. The number of aliphatic hydroxyl groups is 1. The van der Waals surface area contributed by atoms with Gasteiger partial charge in [0.1, 0.15) is 0 Å². The summed E-state index contributed by atoms with van der Waals surface area (Å²) in [4.78, 5) is 26.2. The SMILES string of the molecule is CN(C)CC1CC(O)CN1C(=O)NCCCCCC(=O)O. The molecule has 0 saturated carbocycles. The Hall–Kier alpha value is -1.34. The Bertz CT molecular complexity index is 349. The van der Waals surface area contributed by atoms with Crippen LogP contribution in [0.3, 0.4) is 0 Å². The average molecular weight is 301 g/mol. The number of hydrogen-bond acceptors (Lipinski definition) is 4. The number of nitrogens with zero attached hydrogens (tertiary/aromatic N) is 2. The molecule has 0 aromatic rings. The molecule has 2 atom stereocenters. The molecule has 0 aromatic heterocycles. The van der Waals surface area contributed by atoms with Crippen LogP contribution in [0.4, 0.5) is 4.79 Å². The summed E-state index contributed by atoms with van der Waals surface area (Å²) in [5.41, 5.74) is 0. The van der Waals surface area contributed by atoms with Crippen LogP contribution in [-0.4, -0.2) is 77.9 Å². The van der Waals surface area contributed by atoms with Crippen molar-refractivity contribution in [2.75, 3.05) is 33.7 Å². The molecule has 1 rings (SSSR count). The van der Waals surface area contributed by atoms with Gasteiger partial charge in [-0.15, -0.1) is 0 Å². The van der Waals surface area contributed by atoms with E-state index in [4.69, 9.17) is 5.11 Å². The summed E-state index contributed by atoms with van der Waals surface area (Å²) in [5.74, 6) is -0.781. The number of urea groups is 1. The summed E-state index contributed by atoms with van der Waals surface area (Å²) >= 11 is 0. The largest absolute Gasteiger partial charge is 0.481 e. The van der Waals surface area contributed by atoms with Crippen molar-refractivity contribution in [3.05, 3.63) is 0 Å². The number of aliphatic carboxylic acids is 1. The highest BCUT2D eigenvalue weighted by atomic mass is 16.4. The Kier molecular flexibility index (Phi) is 7.45. The van der Waals surface area contributed by atoms with E-state index in [9.17, 15) is 14.7 Å². The maximum absolute atomic E-state index is 12.1. The summed E-state index contributed by atoms with van der Waals surface area (Å²) < 4.78 is 0. The van der Waals surface area contributed by atoms with Crippen LogP contribution in [0.2, 0.25) is 0 Å². The van der Waals surface area contributed by atoms with E-state index in [1.54, 1.807) is 4.90 Å². The van der Waals surface area contributed by atoms with E-state index in [1.807, 2.05) is 19.0 Å². The van der Waals surface area contributed by atoms with Gasteiger partial charge in [-0.3, -0.25) is 4.79 Å². The molecule has 1 aliphatic rings. The summed E-state index contributed by atoms with van der Waals surface area (Å²) in [5, 5.41) is 21.1. The van der Waals surface area contributed by atoms with Crippen LogP contribution < -0.4 is 5.32 Å². The number of likely N-dealkylation sites (N-methyl/N-ethyl adjacent to an activating group) is 1. The minimum absolute atomic E-state index is 0.0435. The molecule has 1 fully saturated rings. The third-order valence-electron chi connectivity index (χ3n) is 3.57. The summed E-state index contributed by atoms with van der Waals surface area (Å²) in [7, 11) is 3.90. The highest BCUT2D eigenvalue weighted by Gasteiger charge is 2.34. The molecule has 1 saturated heterocycles. The van der Waals surface area contributed by atoms with E-state index in [0.717, 1.165) is 19.4 Å². The highest BCUT2D eigenvalue weighted by Crippen LogP contribution is 2.18. The fourth-order valence-corrected chi connectivity index (χ4v) is 2.61. The summed E-state index contributed by atoms with van der Waals surface area (Å²) in [6.45, 7) is 1.66. The van der Waals surface area contributed by atoms with Gasteiger partial charge in [-0.1, -0.05) is 6.42 Å². The van der Waals surface area contributed by atoms with Gasteiger partial charge >= 0.3 is 12.0 Å². The number of likely N-dealkylation sites (tertiary alicyclic amines) is 1. The molecule has 7 heteroatoms. The Morgan fingerprint density at radius 1 is 1.29 bits per heavy atom. The van der Waals surface area contributed by atoms with Crippen molar-refractivity contribution in [1.29, 1.82) is 0 Å². The molecule has 0 aliphatic carbocycles. The van der Waals surface area contributed by atoms with E-state index < -0.39 is 12.1 Å². The van der Waals surface area contributed by atoms with Gasteiger partial charge in [-0.25, -0.2) is 4.79 Å². The molecule has 2 amide bonds. The molecule has 0 bridgehead atoms. The van der Waals surface area contributed by atoms with Crippen LogP contribution in [0.1, 0.15) is 32.1 Å². The van der Waals surface area contributed by atoms with Crippen molar-refractivity contribution >= 4 is 12.0 Å². The van der Waals surface area contributed by atoms with Gasteiger partial charge in [0.05, 0.1) is 6.10 Å². The standard InChI is InChI=1S/C14H27N3O4/c1-16(2)9-11-8-12(18)10-17(11)14(21)15-7-5-3-4-6-13(19)20/h11-12,18H,3-10H2,1-2H3,(H,15,21)(H,19,20). The quantitative estimate of drug-likeness (QED) is 0.562. The number of carboxylic acids is 1. The third kappa shape index (κ3) is 6.77. The number of carbonyl (C=O) groups is 2. The first-order valence-corrected chi connectivity index (χ1v) is 7.49. The van der Waals surface area contributed by atoms with E-state index in [0.29, 0.717) is 25.9 Å². The van der Waals surface area contributed by atoms with Crippen LogP contribution in [-0.2, 0) is 4.79 Å². The molecule has 0 radical (unpaired) electrons. The van der Waals surface area contributed by atoms with E-state index in [2.05, 4.69) is 5.32 Å². The molecule has 1 aliphatic heterocycles. The predicted molar refractivity (Wildman–Crippen MR) is 79.2 cm³/mol. The van der Waals surface area contributed by atoms with Gasteiger partial charge in [0, 0.05) is 32.1 Å². The van der Waals surface area contributed by atoms with Gasteiger partial charge in [0.15, 0.2) is 0 Å². The minimum atomic E-state index is -0.781. The van der Waals surface area contributed by atoms with Crippen LogP contribution in [0.5, 0.6) is 0 Å². The molecule has 3 N–H and O–H groups in total. The van der Waals surface area contributed by atoms with Crippen LogP contribution in [0.15, 0.2) is 0 Å². The zero-order chi connectivity index (χ0) is 15.8. The van der Waals surface area contributed by atoms with E-state index in [1.165, 1.54) is 0 Å². The number of aliphatic hydroxyl groups excluding tert-OH is 1. The zero-order valence-corrected chi connectivity index (χ0v) is 12.9. The summed E-state index contributed by atoms with van der Waals surface area (Å²) in [6, 6.07) is -0.0985. The third-order valence-corrected chi connectivity index (χ3v) is 3.57. The lowest BCUT2D eigenvalue weighted by Crippen LogP contribution is -2.46. The Morgan fingerprint density at radius 2 is 2.00 bits per heavy atom. The maximum atomic E-state index is 12.1. The lowest BCUT2D eigenvalue weighted by atomic mass is 10.2. The van der Waals surface area contributed by atoms with Gasteiger partial charge < -0.3 is 25.3 Å². The molecule has 1 heterocycles. The minimum Gasteiger partial charge on any atom is -0.481 e. The number of amides is 2. The molecule has 7 nitrogen and oxygen atoms in total. The fraction of sp³-hybridized carbons (Fsp3) is 0.857. The molecular formula is C14H27N3O4. The van der Waals surface area contributed by atoms with E-state index >= 15 is 0 Å². The Labute approximate surface area is 125 Å². The number of carbonyl (C=O) groups excluding carboxylic acids is 1. The normalized spacial score (nSPS) is 21.8. The number of hydrogen-bond donors (Lipinski definition) is 3. The van der Waals surface area contributed by atoms with Crippen molar-refractivity contribution in [1.82, 2.24) is 15.1 Å². The van der Waals surface area contributed by atoms with Crippen molar-refractivity contribution < 1.29 is 19.8 Å². The smallest absolute Gasteiger partial charge is 0.317 e. The second kappa shape index (κ2) is 8.84. The number of β-amino-alcohol motifs (C(OH)–C–C–N with tert-alkyl or cyclic N) is 1. The summed E-state index contributed by atoms with van der Waals surface area (Å²) in [6.07, 6.45) is 2.54. The molecular weight excluding hydrogens is 274 g/mol. The average Bonchev–Trinajstić information content (AvgIpc) is 2.73. The Balaban J connectivity index is 2.25. The first-order chi connectivity index (χ1) is 9.90. The van der Waals surface area contributed by atoms with Gasteiger partial charge in [-0.2, -0.15) is 0 Å². The monoisotopic (exact) mass is 301 g/mol. The van der Waals surface area contributed by atoms with Gasteiger partial charge in [0.25, 0.3) is 0 Å². The predicted octanol–water partition coefficient (Wildman–Crippen LogP) is 0.338. The number of unbranched alkanes of at least 4 members (excludes halogenated alkanes) is 2.